The molecule has 2 heterocycles. The van der Waals surface area contributed by atoms with Gasteiger partial charge < -0.3 is 5.32 Å². The lowest BCUT2D eigenvalue weighted by atomic mass is 9.91. The van der Waals surface area contributed by atoms with E-state index < -0.39 is 5.54 Å². The van der Waals surface area contributed by atoms with Crippen molar-refractivity contribution in [1.29, 1.82) is 0 Å². The number of anilines is 1. The summed E-state index contributed by atoms with van der Waals surface area (Å²) < 4.78 is 1.70. The SMILES string of the molecule is CC(C)(C)c1cc2n(n1)C[C@](C)(C(=O)NC1CCCCCC1)N(c1cccc(Cl)c1)C2=O. The highest BCUT2D eigenvalue weighted by Gasteiger charge is 2.49. The summed E-state index contributed by atoms with van der Waals surface area (Å²) in [5, 5.41) is 8.51. The van der Waals surface area contributed by atoms with E-state index in [0.717, 1.165) is 31.4 Å². The number of nitrogens with one attached hydrogen (secondary N) is 1. The maximum Gasteiger partial charge on any atom is 0.277 e. The fourth-order valence-corrected chi connectivity index (χ4v) is 4.92. The first-order valence-corrected chi connectivity index (χ1v) is 12.0. The number of carbonyl (C=O) groups is 2. The standard InChI is InChI=1S/C25H33ClN4O2/c1-24(2,3)21-15-20-22(31)30(19-13-9-10-17(26)14-19)25(4,16-29(20)28-21)23(32)27-18-11-7-5-6-8-12-18/h9-10,13-15,18H,5-8,11-12,16H2,1-4H3,(H,27,32)/t25-/m1/s1. The van der Waals surface area contributed by atoms with Crippen LogP contribution >= 0.6 is 11.6 Å². The van der Waals surface area contributed by atoms with Gasteiger partial charge in [-0.25, -0.2) is 0 Å². The van der Waals surface area contributed by atoms with Crippen LogP contribution < -0.4 is 10.2 Å². The third-order valence-corrected chi connectivity index (χ3v) is 6.90. The number of benzene rings is 1. The van der Waals surface area contributed by atoms with Crippen molar-refractivity contribution in [2.45, 2.75) is 89.8 Å². The fourth-order valence-electron chi connectivity index (χ4n) is 4.73. The molecule has 0 saturated heterocycles. The van der Waals surface area contributed by atoms with Gasteiger partial charge in [-0.1, -0.05) is 64.1 Å². The summed E-state index contributed by atoms with van der Waals surface area (Å²) in [4.78, 5) is 29.1. The molecule has 2 aromatic rings. The predicted octanol–water partition coefficient (Wildman–Crippen LogP) is 5.09. The Morgan fingerprint density at radius 1 is 1.16 bits per heavy atom. The van der Waals surface area contributed by atoms with Crippen LogP contribution in [0.25, 0.3) is 0 Å². The normalized spacial score (nSPS) is 22.4. The summed E-state index contributed by atoms with van der Waals surface area (Å²) in [5.41, 5.74) is 0.618. The molecule has 2 aliphatic rings. The van der Waals surface area contributed by atoms with E-state index in [1.54, 1.807) is 27.8 Å². The highest BCUT2D eigenvalue weighted by Crippen LogP contribution is 2.35. The van der Waals surface area contributed by atoms with Crippen molar-refractivity contribution >= 4 is 29.1 Å². The minimum Gasteiger partial charge on any atom is -0.351 e. The first kappa shape index (κ1) is 22.8. The molecule has 172 valence electrons. The van der Waals surface area contributed by atoms with Crippen molar-refractivity contribution in [1.82, 2.24) is 15.1 Å². The molecule has 2 amide bonds. The lowest BCUT2D eigenvalue weighted by Gasteiger charge is -2.43. The summed E-state index contributed by atoms with van der Waals surface area (Å²) in [6.45, 7) is 8.32. The topological polar surface area (TPSA) is 67.2 Å². The summed E-state index contributed by atoms with van der Waals surface area (Å²) in [6, 6.07) is 9.14. The molecule has 7 heteroatoms. The van der Waals surface area contributed by atoms with Crippen LogP contribution in [0.5, 0.6) is 0 Å². The van der Waals surface area contributed by atoms with Gasteiger partial charge in [-0.15, -0.1) is 0 Å². The number of nitrogens with zero attached hydrogens (tertiary/aromatic N) is 3. The van der Waals surface area contributed by atoms with Gasteiger partial charge >= 0.3 is 0 Å². The average molecular weight is 457 g/mol. The maximum atomic E-state index is 13.8. The number of aromatic nitrogens is 2. The van der Waals surface area contributed by atoms with Crippen molar-refractivity contribution in [3.05, 3.63) is 46.7 Å². The Balaban J connectivity index is 1.75. The zero-order valence-electron chi connectivity index (χ0n) is 19.4. The van der Waals surface area contributed by atoms with Crippen LogP contribution in [-0.4, -0.2) is 33.2 Å². The van der Waals surface area contributed by atoms with Crippen molar-refractivity contribution < 1.29 is 9.59 Å². The molecule has 1 aliphatic heterocycles. The van der Waals surface area contributed by atoms with Crippen LogP contribution in [0.3, 0.4) is 0 Å². The molecule has 1 N–H and O–H groups in total. The predicted molar refractivity (Wildman–Crippen MR) is 127 cm³/mol. The number of halogens is 1. The largest absolute Gasteiger partial charge is 0.351 e. The van der Waals surface area contributed by atoms with E-state index >= 15 is 0 Å². The molecule has 0 radical (unpaired) electrons. The highest BCUT2D eigenvalue weighted by atomic mass is 35.5. The molecule has 6 nitrogen and oxygen atoms in total. The van der Waals surface area contributed by atoms with E-state index in [4.69, 9.17) is 16.7 Å². The number of amides is 2. The smallest absolute Gasteiger partial charge is 0.277 e. The monoisotopic (exact) mass is 456 g/mol. The quantitative estimate of drug-likeness (QED) is 0.654. The molecule has 1 atom stereocenters. The first-order valence-electron chi connectivity index (χ1n) is 11.6. The number of hydrogen-bond donors (Lipinski definition) is 1. The van der Waals surface area contributed by atoms with Gasteiger partial charge in [0, 0.05) is 22.2 Å². The maximum absolute atomic E-state index is 13.8. The Hall–Kier alpha value is -2.34. The Labute approximate surface area is 195 Å². The van der Waals surface area contributed by atoms with Crippen molar-refractivity contribution in [2.75, 3.05) is 4.90 Å². The Morgan fingerprint density at radius 2 is 1.84 bits per heavy atom. The van der Waals surface area contributed by atoms with E-state index in [-0.39, 0.29) is 29.8 Å². The molecule has 0 bridgehead atoms. The van der Waals surface area contributed by atoms with Crippen LogP contribution in [0.1, 0.15) is 82.4 Å². The lowest BCUT2D eigenvalue weighted by Crippen LogP contribution is -2.65. The first-order chi connectivity index (χ1) is 15.1. The molecule has 4 rings (SSSR count). The minimum atomic E-state index is -1.12. The number of rotatable bonds is 3. The number of fused-ring (bicyclic) bond motifs is 1. The zero-order chi connectivity index (χ0) is 23.1. The van der Waals surface area contributed by atoms with Crippen LogP contribution in [0.15, 0.2) is 30.3 Å². The Kier molecular flexibility index (Phi) is 6.10. The van der Waals surface area contributed by atoms with Gasteiger partial charge in [0.25, 0.3) is 5.91 Å². The molecular weight excluding hydrogens is 424 g/mol. The molecule has 1 aromatic carbocycles. The molecule has 1 aromatic heterocycles. The van der Waals surface area contributed by atoms with Gasteiger partial charge in [-0.05, 0) is 44.0 Å². The van der Waals surface area contributed by atoms with Crippen LogP contribution in [-0.2, 0) is 16.8 Å². The number of carbonyl (C=O) groups excluding carboxylic acids is 2. The van der Waals surface area contributed by atoms with Crippen LogP contribution in [0.2, 0.25) is 5.02 Å². The molecule has 1 fully saturated rings. The van der Waals surface area contributed by atoms with Gasteiger partial charge in [-0.2, -0.15) is 5.10 Å². The second-order valence-corrected chi connectivity index (χ2v) is 10.8. The third-order valence-electron chi connectivity index (χ3n) is 6.67. The number of hydrogen-bond acceptors (Lipinski definition) is 3. The van der Waals surface area contributed by atoms with Gasteiger partial charge in [0.05, 0.1) is 12.2 Å². The molecule has 1 aliphatic carbocycles. The third kappa shape index (κ3) is 4.29. The van der Waals surface area contributed by atoms with E-state index in [2.05, 4.69) is 26.1 Å². The average Bonchev–Trinajstić information content (AvgIpc) is 2.98. The van der Waals surface area contributed by atoms with Crippen molar-refractivity contribution in [2.24, 2.45) is 0 Å². The lowest BCUT2D eigenvalue weighted by molar-refractivity contribution is -0.127. The van der Waals surface area contributed by atoms with E-state index in [0.29, 0.717) is 16.4 Å². The summed E-state index contributed by atoms with van der Waals surface area (Å²) in [7, 11) is 0. The molecular formula is C25H33ClN4O2. The molecule has 32 heavy (non-hydrogen) atoms. The molecule has 1 saturated carbocycles. The second kappa shape index (κ2) is 8.54. The summed E-state index contributed by atoms with van der Waals surface area (Å²) in [5.74, 6) is -0.379. The van der Waals surface area contributed by atoms with E-state index in [1.807, 2.05) is 19.1 Å². The van der Waals surface area contributed by atoms with Crippen LogP contribution in [0.4, 0.5) is 5.69 Å². The fraction of sp³-hybridized carbons (Fsp3) is 0.560. The van der Waals surface area contributed by atoms with E-state index in [9.17, 15) is 9.59 Å². The minimum absolute atomic E-state index is 0.141. The summed E-state index contributed by atoms with van der Waals surface area (Å²) >= 11 is 6.27. The van der Waals surface area contributed by atoms with Crippen LogP contribution in [0, 0.1) is 0 Å². The summed E-state index contributed by atoms with van der Waals surface area (Å²) in [6.07, 6.45) is 6.63. The van der Waals surface area contributed by atoms with E-state index in [1.165, 1.54) is 12.8 Å². The highest BCUT2D eigenvalue weighted by molar-refractivity contribution is 6.31. The van der Waals surface area contributed by atoms with Gasteiger partial charge in [0.15, 0.2) is 0 Å². The van der Waals surface area contributed by atoms with Gasteiger partial charge in [0.1, 0.15) is 11.2 Å². The zero-order valence-corrected chi connectivity index (χ0v) is 20.2. The molecule has 0 spiro atoms. The Bertz CT molecular complexity index is 1020. The Morgan fingerprint density at radius 3 is 2.47 bits per heavy atom. The second-order valence-electron chi connectivity index (χ2n) is 10.4. The molecule has 0 unspecified atom stereocenters. The van der Waals surface area contributed by atoms with Gasteiger partial charge in [0.2, 0.25) is 5.91 Å². The van der Waals surface area contributed by atoms with Crippen molar-refractivity contribution in [3.8, 4) is 0 Å². The van der Waals surface area contributed by atoms with Gasteiger partial charge in [-0.3, -0.25) is 19.2 Å². The van der Waals surface area contributed by atoms with Crippen molar-refractivity contribution in [3.63, 3.8) is 0 Å².